The molecule has 1 aliphatic rings. The Labute approximate surface area is 139 Å². The summed E-state index contributed by atoms with van der Waals surface area (Å²) in [6.45, 7) is 0. The highest BCUT2D eigenvalue weighted by Gasteiger charge is 2.25. The molecule has 1 nitrogen and oxygen atoms in total. The highest BCUT2D eigenvalue weighted by Crippen LogP contribution is 2.34. The third kappa shape index (κ3) is 2.07. The van der Waals surface area contributed by atoms with Crippen molar-refractivity contribution in [3.05, 3.63) is 79.7 Å². The van der Waals surface area contributed by atoms with Crippen molar-refractivity contribution < 1.29 is 4.79 Å². The first kappa shape index (κ1) is 13.2. The van der Waals surface area contributed by atoms with Crippen LogP contribution in [-0.4, -0.2) is 5.78 Å². The second kappa shape index (κ2) is 4.79. The fraction of sp³-hybridized carbons (Fsp3) is 0.0556. The van der Waals surface area contributed by atoms with Crippen LogP contribution < -0.4 is 0 Å². The van der Waals surface area contributed by atoms with Crippen molar-refractivity contribution in [3.8, 4) is 0 Å². The van der Waals surface area contributed by atoms with Gasteiger partial charge in [-0.15, -0.1) is 0 Å². The molecule has 21 heavy (non-hydrogen) atoms. The van der Waals surface area contributed by atoms with Crippen LogP contribution in [0.25, 0.3) is 10.8 Å². The standard InChI is InChI=1S/C18H10Br2O/c19-13-3-5-15-10(8-13)1-2-11-7-12-9-14(20)4-6-16(12)18(21)17(11)15/h1-6,8-9H,7H2. The maximum absolute atomic E-state index is 12.9. The Morgan fingerprint density at radius 3 is 2.43 bits per heavy atom. The normalized spacial score (nSPS) is 13.1. The Hall–Kier alpha value is -1.45. The average molecular weight is 402 g/mol. The molecule has 0 spiro atoms. The number of rotatable bonds is 0. The van der Waals surface area contributed by atoms with E-state index in [9.17, 15) is 4.79 Å². The van der Waals surface area contributed by atoms with Gasteiger partial charge in [-0.2, -0.15) is 0 Å². The first-order valence-corrected chi connectivity index (χ1v) is 8.26. The van der Waals surface area contributed by atoms with E-state index in [0.717, 1.165) is 48.4 Å². The van der Waals surface area contributed by atoms with Gasteiger partial charge in [0.05, 0.1) is 0 Å². The minimum Gasteiger partial charge on any atom is -0.289 e. The summed E-state index contributed by atoms with van der Waals surface area (Å²) in [7, 11) is 0. The van der Waals surface area contributed by atoms with Crippen molar-refractivity contribution in [3.63, 3.8) is 0 Å². The van der Waals surface area contributed by atoms with Crippen molar-refractivity contribution in [2.75, 3.05) is 0 Å². The van der Waals surface area contributed by atoms with Gasteiger partial charge in [0, 0.05) is 20.1 Å². The molecular weight excluding hydrogens is 392 g/mol. The third-order valence-electron chi connectivity index (χ3n) is 3.99. The number of carbonyl (C=O) groups excluding carboxylic acids is 1. The summed E-state index contributed by atoms with van der Waals surface area (Å²) in [5.74, 6) is 0.131. The smallest absolute Gasteiger partial charge is 0.194 e. The van der Waals surface area contributed by atoms with Gasteiger partial charge in [0.25, 0.3) is 0 Å². The molecule has 0 N–H and O–H groups in total. The first-order chi connectivity index (χ1) is 10.1. The van der Waals surface area contributed by atoms with Gasteiger partial charge >= 0.3 is 0 Å². The van der Waals surface area contributed by atoms with Gasteiger partial charge < -0.3 is 0 Å². The van der Waals surface area contributed by atoms with Gasteiger partial charge in [0.1, 0.15) is 0 Å². The monoisotopic (exact) mass is 400 g/mol. The third-order valence-corrected chi connectivity index (χ3v) is 4.97. The number of hydrogen-bond acceptors (Lipinski definition) is 1. The Bertz CT molecular complexity index is 912. The molecule has 102 valence electrons. The molecule has 0 aliphatic heterocycles. The number of ketones is 1. The predicted octanol–water partition coefficient (Wildman–Crippen LogP) is 5.50. The van der Waals surface area contributed by atoms with Crippen molar-refractivity contribution in [2.24, 2.45) is 0 Å². The van der Waals surface area contributed by atoms with Gasteiger partial charge in [-0.05, 0) is 58.7 Å². The van der Waals surface area contributed by atoms with Crippen molar-refractivity contribution in [1.29, 1.82) is 0 Å². The molecule has 3 aromatic carbocycles. The van der Waals surface area contributed by atoms with Crippen LogP contribution in [-0.2, 0) is 6.42 Å². The van der Waals surface area contributed by atoms with Gasteiger partial charge in [-0.3, -0.25) is 4.79 Å². The first-order valence-electron chi connectivity index (χ1n) is 6.68. The van der Waals surface area contributed by atoms with Crippen LogP contribution in [0.3, 0.4) is 0 Å². The molecule has 3 aromatic rings. The lowest BCUT2D eigenvalue weighted by Gasteiger charge is -2.20. The Balaban J connectivity index is 2.01. The van der Waals surface area contributed by atoms with E-state index >= 15 is 0 Å². The number of fused-ring (bicyclic) bond motifs is 4. The van der Waals surface area contributed by atoms with E-state index in [1.165, 1.54) is 0 Å². The van der Waals surface area contributed by atoms with E-state index < -0.39 is 0 Å². The molecule has 1 aliphatic carbocycles. The van der Waals surface area contributed by atoms with Crippen LogP contribution in [0, 0.1) is 0 Å². The molecule has 4 rings (SSSR count). The van der Waals surface area contributed by atoms with Crippen molar-refractivity contribution in [2.45, 2.75) is 6.42 Å². The Morgan fingerprint density at radius 2 is 1.57 bits per heavy atom. The molecule has 0 amide bonds. The lowest BCUT2D eigenvalue weighted by Crippen LogP contribution is -2.15. The van der Waals surface area contributed by atoms with Crippen LogP contribution in [0.5, 0.6) is 0 Å². The van der Waals surface area contributed by atoms with Gasteiger partial charge in [-0.25, -0.2) is 0 Å². The second-order valence-corrected chi connectivity index (χ2v) is 7.10. The molecular formula is C18H10Br2O. The summed E-state index contributed by atoms with van der Waals surface area (Å²) >= 11 is 6.97. The lowest BCUT2D eigenvalue weighted by molar-refractivity contribution is 0.103. The summed E-state index contributed by atoms with van der Waals surface area (Å²) < 4.78 is 2.05. The van der Waals surface area contributed by atoms with E-state index in [1.807, 2.05) is 30.3 Å². The van der Waals surface area contributed by atoms with Gasteiger partial charge in [0.15, 0.2) is 5.78 Å². The summed E-state index contributed by atoms with van der Waals surface area (Å²) in [6, 6.07) is 16.1. The zero-order valence-corrected chi connectivity index (χ0v) is 14.2. The molecule has 0 unspecified atom stereocenters. The van der Waals surface area contributed by atoms with Crippen LogP contribution in [0.15, 0.2) is 57.5 Å². The SMILES string of the molecule is O=C1c2ccc(Br)cc2Cc2ccc3cc(Br)ccc3c21. The fourth-order valence-corrected chi connectivity index (χ4v) is 3.82. The molecule has 0 radical (unpaired) electrons. The predicted molar refractivity (Wildman–Crippen MR) is 92.0 cm³/mol. The summed E-state index contributed by atoms with van der Waals surface area (Å²) in [5, 5.41) is 2.13. The average Bonchev–Trinajstić information content (AvgIpc) is 2.46. The van der Waals surface area contributed by atoms with Crippen molar-refractivity contribution >= 4 is 48.4 Å². The van der Waals surface area contributed by atoms with Crippen LogP contribution in [0.2, 0.25) is 0 Å². The fourth-order valence-electron chi connectivity index (χ4n) is 3.03. The largest absolute Gasteiger partial charge is 0.289 e. The highest BCUT2D eigenvalue weighted by molar-refractivity contribution is 9.10. The summed E-state index contributed by atoms with van der Waals surface area (Å²) in [4.78, 5) is 12.9. The van der Waals surface area contributed by atoms with E-state index in [2.05, 4.69) is 50.1 Å². The minimum atomic E-state index is 0.131. The van der Waals surface area contributed by atoms with Gasteiger partial charge in [-0.1, -0.05) is 50.1 Å². The number of hydrogen-bond donors (Lipinski definition) is 0. The number of carbonyl (C=O) groups is 1. The molecule has 0 saturated carbocycles. The zero-order valence-electron chi connectivity index (χ0n) is 11.0. The Kier molecular flexibility index (Phi) is 3.02. The molecule has 0 saturated heterocycles. The summed E-state index contributed by atoms with van der Waals surface area (Å²) in [6.07, 6.45) is 0.807. The maximum Gasteiger partial charge on any atom is 0.194 e. The van der Waals surface area contributed by atoms with Crippen LogP contribution >= 0.6 is 31.9 Å². The zero-order chi connectivity index (χ0) is 14.6. The van der Waals surface area contributed by atoms with Gasteiger partial charge in [0.2, 0.25) is 0 Å². The van der Waals surface area contributed by atoms with E-state index in [1.54, 1.807) is 0 Å². The molecule has 0 heterocycles. The van der Waals surface area contributed by atoms with E-state index in [-0.39, 0.29) is 5.78 Å². The van der Waals surface area contributed by atoms with Crippen LogP contribution in [0.1, 0.15) is 27.0 Å². The summed E-state index contributed by atoms with van der Waals surface area (Å²) in [5.41, 5.74) is 3.88. The molecule has 3 heteroatoms. The Morgan fingerprint density at radius 1 is 0.810 bits per heavy atom. The number of benzene rings is 3. The van der Waals surface area contributed by atoms with Crippen molar-refractivity contribution in [1.82, 2.24) is 0 Å². The highest BCUT2D eigenvalue weighted by atomic mass is 79.9. The molecule has 0 bridgehead atoms. The molecule has 0 fully saturated rings. The van der Waals surface area contributed by atoms with Crippen LogP contribution in [0.4, 0.5) is 0 Å². The molecule has 0 atom stereocenters. The number of halogens is 2. The maximum atomic E-state index is 12.9. The lowest BCUT2D eigenvalue weighted by atomic mass is 9.82. The van der Waals surface area contributed by atoms with E-state index in [4.69, 9.17) is 0 Å². The quantitative estimate of drug-likeness (QED) is 0.380. The molecule has 0 aromatic heterocycles. The second-order valence-electron chi connectivity index (χ2n) is 5.27. The topological polar surface area (TPSA) is 17.1 Å². The van der Waals surface area contributed by atoms with E-state index in [0.29, 0.717) is 0 Å². The minimum absolute atomic E-state index is 0.131.